The molecule has 0 aromatic heterocycles. The Morgan fingerprint density at radius 1 is 1.26 bits per heavy atom. The molecular weight excluding hydrogens is 240 g/mol. The van der Waals surface area contributed by atoms with E-state index in [1.54, 1.807) is 7.11 Å². The minimum Gasteiger partial charge on any atom is -0.497 e. The van der Waals surface area contributed by atoms with Gasteiger partial charge in [-0.15, -0.1) is 0 Å². The molecule has 0 bridgehead atoms. The van der Waals surface area contributed by atoms with Gasteiger partial charge >= 0.3 is 5.97 Å². The molecule has 1 saturated carbocycles. The maximum atomic E-state index is 11.8. The lowest BCUT2D eigenvalue weighted by molar-refractivity contribution is -0.143. The van der Waals surface area contributed by atoms with Gasteiger partial charge in [0, 0.05) is 0 Å². The number of carboxylic acids is 1. The number of carboxylic acid groups (broad SMARTS) is 1. The number of hydrogen-bond acceptors (Lipinski definition) is 2. The van der Waals surface area contributed by atoms with E-state index in [9.17, 15) is 9.90 Å². The van der Waals surface area contributed by atoms with E-state index >= 15 is 0 Å². The van der Waals surface area contributed by atoms with Crippen molar-refractivity contribution in [2.45, 2.75) is 50.9 Å². The van der Waals surface area contributed by atoms with Gasteiger partial charge in [0.1, 0.15) is 5.75 Å². The van der Waals surface area contributed by atoms with E-state index in [0.717, 1.165) is 42.6 Å². The van der Waals surface area contributed by atoms with Crippen LogP contribution in [0.2, 0.25) is 0 Å². The largest absolute Gasteiger partial charge is 0.497 e. The van der Waals surface area contributed by atoms with Gasteiger partial charge in [0.15, 0.2) is 0 Å². The van der Waals surface area contributed by atoms with Gasteiger partial charge in [-0.2, -0.15) is 0 Å². The molecule has 0 saturated heterocycles. The van der Waals surface area contributed by atoms with E-state index in [4.69, 9.17) is 4.74 Å². The van der Waals surface area contributed by atoms with Crippen molar-refractivity contribution >= 4 is 5.97 Å². The van der Waals surface area contributed by atoms with E-state index in [0.29, 0.717) is 5.92 Å². The lowest BCUT2D eigenvalue weighted by Crippen LogP contribution is -2.32. The van der Waals surface area contributed by atoms with E-state index in [1.165, 1.54) is 0 Å². The van der Waals surface area contributed by atoms with Crippen molar-refractivity contribution in [1.82, 2.24) is 0 Å². The second-order valence-electron chi connectivity index (χ2n) is 5.74. The Labute approximate surface area is 114 Å². The molecule has 3 heteroatoms. The number of hydrogen-bond donors (Lipinski definition) is 1. The molecule has 0 heterocycles. The number of carbonyl (C=O) groups is 1. The summed E-state index contributed by atoms with van der Waals surface area (Å²) in [4.78, 5) is 11.8. The molecule has 0 aliphatic heterocycles. The van der Waals surface area contributed by atoms with Crippen molar-refractivity contribution in [3.63, 3.8) is 0 Å². The summed E-state index contributed by atoms with van der Waals surface area (Å²) in [6.45, 7) is 4.22. The fourth-order valence-corrected chi connectivity index (χ4v) is 2.95. The standard InChI is InChI=1S/C16H22O3/c1-11(2)12-8-13(10-14(9-12)19-3)16(15(17)18)6-4-5-7-16/h8-11H,4-7H2,1-3H3,(H,17,18). The van der Waals surface area contributed by atoms with E-state index < -0.39 is 11.4 Å². The topological polar surface area (TPSA) is 46.5 Å². The minimum atomic E-state index is -0.710. The van der Waals surface area contributed by atoms with Gasteiger partial charge in [0.2, 0.25) is 0 Å². The molecule has 1 N–H and O–H groups in total. The summed E-state index contributed by atoms with van der Waals surface area (Å²) in [7, 11) is 1.63. The monoisotopic (exact) mass is 262 g/mol. The Morgan fingerprint density at radius 3 is 2.37 bits per heavy atom. The first-order valence-corrected chi connectivity index (χ1v) is 6.92. The van der Waals surface area contributed by atoms with Crippen LogP contribution in [0.3, 0.4) is 0 Å². The van der Waals surface area contributed by atoms with Crippen LogP contribution in [0.25, 0.3) is 0 Å². The molecule has 3 nitrogen and oxygen atoms in total. The highest BCUT2D eigenvalue weighted by atomic mass is 16.5. The smallest absolute Gasteiger partial charge is 0.314 e. The Balaban J connectivity index is 2.53. The molecular formula is C16H22O3. The van der Waals surface area contributed by atoms with Crippen LogP contribution in [0, 0.1) is 0 Å². The van der Waals surface area contributed by atoms with E-state index in [2.05, 4.69) is 13.8 Å². The van der Waals surface area contributed by atoms with Crippen LogP contribution in [0.15, 0.2) is 18.2 Å². The van der Waals surface area contributed by atoms with E-state index in [1.807, 2.05) is 18.2 Å². The Hall–Kier alpha value is -1.51. The highest BCUT2D eigenvalue weighted by Gasteiger charge is 2.43. The molecule has 19 heavy (non-hydrogen) atoms. The molecule has 0 atom stereocenters. The first-order chi connectivity index (χ1) is 8.99. The van der Waals surface area contributed by atoms with Crippen molar-refractivity contribution in [1.29, 1.82) is 0 Å². The summed E-state index contributed by atoms with van der Waals surface area (Å²) in [5.74, 6) is 0.419. The number of methoxy groups -OCH3 is 1. The molecule has 0 unspecified atom stereocenters. The summed E-state index contributed by atoms with van der Waals surface area (Å²) in [6, 6.07) is 5.94. The maximum absolute atomic E-state index is 11.8. The molecule has 1 aromatic carbocycles. The Bertz CT molecular complexity index is 471. The third-order valence-electron chi connectivity index (χ3n) is 4.25. The number of rotatable bonds is 4. The molecule has 1 aliphatic rings. The summed E-state index contributed by atoms with van der Waals surface area (Å²) < 4.78 is 5.34. The first-order valence-electron chi connectivity index (χ1n) is 6.92. The molecule has 1 fully saturated rings. The zero-order valence-electron chi connectivity index (χ0n) is 11.9. The van der Waals surface area contributed by atoms with Gasteiger partial charge < -0.3 is 9.84 Å². The van der Waals surface area contributed by atoms with E-state index in [-0.39, 0.29) is 0 Å². The van der Waals surface area contributed by atoms with Crippen LogP contribution in [-0.4, -0.2) is 18.2 Å². The van der Waals surface area contributed by atoms with Crippen molar-refractivity contribution in [3.8, 4) is 5.75 Å². The minimum absolute atomic E-state index is 0.362. The summed E-state index contributed by atoms with van der Waals surface area (Å²) >= 11 is 0. The molecule has 0 amide bonds. The van der Waals surface area contributed by atoms with Crippen molar-refractivity contribution in [3.05, 3.63) is 29.3 Å². The fourth-order valence-electron chi connectivity index (χ4n) is 2.95. The van der Waals surface area contributed by atoms with Crippen molar-refractivity contribution in [2.24, 2.45) is 0 Å². The van der Waals surface area contributed by atoms with Crippen LogP contribution in [0.1, 0.15) is 56.6 Å². The van der Waals surface area contributed by atoms with Crippen molar-refractivity contribution < 1.29 is 14.6 Å². The first kappa shape index (κ1) is 13.9. The summed E-state index contributed by atoms with van der Waals surface area (Å²) in [6.07, 6.45) is 3.43. The quantitative estimate of drug-likeness (QED) is 0.899. The molecule has 2 rings (SSSR count). The van der Waals surface area contributed by atoms with Gasteiger partial charge in [-0.05, 0) is 42.0 Å². The van der Waals surface area contributed by atoms with Crippen molar-refractivity contribution in [2.75, 3.05) is 7.11 Å². The predicted molar refractivity (Wildman–Crippen MR) is 74.9 cm³/mol. The average Bonchev–Trinajstić information content (AvgIpc) is 2.88. The lowest BCUT2D eigenvalue weighted by Gasteiger charge is -2.26. The highest BCUT2D eigenvalue weighted by molar-refractivity contribution is 5.82. The predicted octanol–water partition coefficient (Wildman–Crippen LogP) is 3.72. The van der Waals surface area contributed by atoms with Crippen LogP contribution < -0.4 is 4.74 Å². The maximum Gasteiger partial charge on any atom is 0.314 e. The lowest BCUT2D eigenvalue weighted by atomic mass is 9.77. The Morgan fingerprint density at radius 2 is 1.89 bits per heavy atom. The summed E-state index contributed by atoms with van der Waals surface area (Å²) in [5.41, 5.74) is 1.33. The van der Waals surface area contributed by atoms with Crippen LogP contribution in [0.5, 0.6) is 5.75 Å². The molecule has 104 valence electrons. The third-order valence-corrected chi connectivity index (χ3v) is 4.25. The average molecular weight is 262 g/mol. The van der Waals surface area contributed by atoms with Gasteiger partial charge in [0.25, 0.3) is 0 Å². The molecule has 1 aromatic rings. The SMILES string of the molecule is COc1cc(C(C)C)cc(C2(C(=O)O)CCCC2)c1. The van der Waals surface area contributed by atoms with Gasteiger partial charge in [-0.25, -0.2) is 0 Å². The van der Waals surface area contributed by atoms with Crippen LogP contribution >= 0.6 is 0 Å². The summed E-state index contributed by atoms with van der Waals surface area (Å²) in [5, 5.41) is 9.67. The molecule has 1 aliphatic carbocycles. The zero-order valence-corrected chi connectivity index (χ0v) is 11.9. The number of aliphatic carboxylic acids is 1. The third kappa shape index (κ3) is 2.46. The number of benzene rings is 1. The Kier molecular flexibility index (Phi) is 3.83. The van der Waals surface area contributed by atoms with Gasteiger partial charge in [-0.3, -0.25) is 4.79 Å². The normalized spacial score (nSPS) is 17.7. The second-order valence-corrected chi connectivity index (χ2v) is 5.74. The van der Waals surface area contributed by atoms with Crippen LogP contribution in [-0.2, 0) is 10.2 Å². The fraction of sp³-hybridized carbons (Fsp3) is 0.562. The zero-order chi connectivity index (χ0) is 14.0. The highest BCUT2D eigenvalue weighted by Crippen LogP contribution is 2.43. The molecule has 0 spiro atoms. The molecule has 0 radical (unpaired) electrons. The van der Waals surface area contributed by atoms with Gasteiger partial charge in [-0.1, -0.05) is 32.8 Å². The second kappa shape index (κ2) is 5.24. The number of ether oxygens (including phenoxy) is 1. The van der Waals surface area contributed by atoms with Gasteiger partial charge in [0.05, 0.1) is 12.5 Å². The van der Waals surface area contributed by atoms with Crippen LogP contribution in [0.4, 0.5) is 0 Å².